The van der Waals surface area contributed by atoms with Gasteiger partial charge in [-0.1, -0.05) is 5.16 Å². The molecule has 62 valence electrons. The first kappa shape index (κ1) is 8.55. The van der Waals surface area contributed by atoms with Crippen molar-refractivity contribution in [1.82, 2.24) is 10.1 Å². The van der Waals surface area contributed by atoms with Crippen LogP contribution in [0.3, 0.4) is 0 Å². The molecule has 1 aromatic rings. The van der Waals surface area contributed by atoms with Crippen molar-refractivity contribution in [2.24, 2.45) is 5.73 Å². The maximum absolute atomic E-state index is 5.31. The summed E-state index contributed by atoms with van der Waals surface area (Å²) in [6.45, 7) is 0.556. The molecule has 0 aliphatic carbocycles. The van der Waals surface area contributed by atoms with Crippen molar-refractivity contribution in [2.45, 2.75) is 12.2 Å². The van der Waals surface area contributed by atoms with Gasteiger partial charge in [0.2, 0.25) is 5.89 Å². The van der Waals surface area contributed by atoms with Gasteiger partial charge in [-0.05, 0) is 6.26 Å². The Labute approximate surface area is 69.5 Å². The lowest BCUT2D eigenvalue weighted by atomic mass is 10.4. The van der Waals surface area contributed by atoms with E-state index in [2.05, 4.69) is 10.1 Å². The Kier molecular flexibility index (Phi) is 3.38. The van der Waals surface area contributed by atoms with Crippen LogP contribution in [0.15, 0.2) is 4.52 Å². The van der Waals surface area contributed by atoms with Gasteiger partial charge in [-0.15, -0.1) is 0 Å². The minimum absolute atomic E-state index is 0.556. The van der Waals surface area contributed by atoms with Crippen molar-refractivity contribution in [3.63, 3.8) is 0 Å². The number of nitrogens with two attached hydrogens (primary N) is 1. The van der Waals surface area contributed by atoms with E-state index in [9.17, 15) is 0 Å². The summed E-state index contributed by atoms with van der Waals surface area (Å²) in [7, 11) is 0. The predicted octanol–water partition coefficient (Wildman–Crippen LogP) is 0.434. The molecule has 0 amide bonds. The van der Waals surface area contributed by atoms with E-state index in [1.54, 1.807) is 11.8 Å². The highest BCUT2D eigenvalue weighted by atomic mass is 32.2. The monoisotopic (exact) mass is 173 g/mol. The van der Waals surface area contributed by atoms with Crippen molar-refractivity contribution in [3.8, 4) is 0 Å². The number of hydrogen-bond acceptors (Lipinski definition) is 5. The molecule has 1 rings (SSSR count). The average molecular weight is 173 g/mol. The zero-order valence-electron chi connectivity index (χ0n) is 6.41. The lowest BCUT2D eigenvalue weighted by Gasteiger charge is -1.84. The molecule has 0 saturated heterocycles. The summed E-state index contributed by atoms with van der Waals surface area (Å²) in [4.78, 5) is 4.11. The van der Waals surface area contributed by atoms with Crippen LogP contribution in [0.2, 0.25) is 0 Å². The highest BCUT2D eigenvalue weighted by Gasteiger charge is 2.03. The summed E-state index contributed by atoms with van der Waals surface area (Å²) >= 11 is 1.67. The van der Waals surface area contributed by atoms with Gasteiger partial charge in [-0.3, -0.25) is 0 Å². The second-order valence-corrected chi connectivity index (χ2v) is 2.94. The fourth-order valence-corrected chi connectivity index (χ4v) is 1.08. The number of aromatic nitrogens is 2. The third-order valence-electron chi connectivity index (χ3n) is 1.14. The van der Waals surface area contributed by atoms with Crippen molar-refractivity contribution >= 4 is 11.8 Å². The lowest BCUT2D eigenvalue weighted by molar-refractivity contribution is 0.376. The van der Waals surface area contributed by atoms with Gasteiger partial charge in [0, 0.05) is 13.0 Å². The third kappa shape index (κ3) is 2.51. The minimum atomic E-state index is 0.556. The minimum Gasteiger partial charge on any atom is -0.339 e. The largest absolute Gasteiger partial charge is 0.339 e. The Morgan fingerprint density at radius 3 is 3.09 bits per heavy atom. The molecular weight excluding hydrogens is 162 g/mol. The highest BCUT2D eigenvalue weighted by molar-refractivity contribution is 7.97. The van der Waals surface area contributed by atoms with E-state index in [0.29, 0.717) is 18.9 Å². The standard InChI is InChI=1S/C6H11N3OS/c1-11-4-5-8-6(2-3-7)10-9-5/h2-4,7H2,1H3. The first-order chi connectivity index (χ1) is 5.36. The lowest BCUT2D eigenvalue weighted by Crippen LogP contribution is -2.02. The zero-order chi connectivity index (χ0) is 8.10. The summed E-state index contributed by atoms with van der Waals surface area (Å²) in [6.07, 6.45) is 2.67. The predicted molar refractivity (Wildman–Crippen MR) is 44.3 cm³/mol. The molecular formula is C6H11N3OS. The van der Waals surface area contributed by atoms with Gasteiger partial charge in [0.15, 0.2) is 5.82 Å². The normalized spacial score (nSPS) is 10.4. The molecule has 0 aromatic carbocycles. The quantitative estimate of drug-likeness (QED) is 0.715. The fraction of sp³-hybridized carbons (Fsp3) is 0.667. The summed E-state index contributed by atoms with van der Waals surface area (Å²) < 4.78 is 4.90. The summed E-state index contributed by atoms with van der Waals surface area (Å²) in [5.74, 6) is 2.19. The van der Waals surface area contributed by atoms with Crippen molar-refractivity contribution < 1.29 is 4.52 Å². The molecule has 0 aliphatic heterocycles. The molecule has 0 bridgehead atoms. The number of thioether (sulfide) groups is 1. The highest BCUT2D eigenvalue weighted by Crippen LogP contribution is 2.04. The Bertz CT molecular complexity index is 193. The van der Waals surface area contributed by atoms with Gasteiger partial charge < -0.3 is 10.3 Å². The van der Waals surface area contributed by atoms with Crippen LogP contribution in [0.1, 0.15) is 11.7 Å². The third-order valence-corrected chi connectivity index (χ3v) is 1.69. The Morgan fingerprint density at radius 2 is 2.45 bits per heavy atom. The van der Waals surface area contributed by atoms with Crippen LogP contribution < -0.4 is 5.73 Å². The zero-order valence-corrected chi connectivity index (χ0v) is 7.23. The molecule has 2 N–H and O–H groups in total. The maximum Gasteiger partial charge on any atom is 0.227 e. The molecule has 0 atom stereocenters. The molecule has 11 heavy (non-hydrogen) atoms. The van der Waals surface area contributed by atoms with Crippen LogP contribution in [-0.4, -0.2) is 22.9 Å². The number of nitrogens with zero attached hydrogens (tertiary/aromatic N) is 2. The maximum atomic E-state index is 5.31. The molecule has 4 nitrogen and oxygen atoms in total. The molecule has 0 radical (unpaired) electrons. The van der Waals surface area contributed by atoms with E-state index in [0.717, 1.165) is 11.6 Å². The molecule has 0 aliphatic rings. The summed E-state index contributed by atoms with van der Waals surface area (Å²) in [5, 5.41) is 3.76. The van der Waals surface area contributed by atoms with E-state index in [4.69, 9.17) is 10.3 Å². The van der Waals surface area contributed by atoms with Gasteiger partial charge in [0.1, 0.15) is 0 Å². The van der Waals surface area contributed by atoms with E-state index in [1.165, 1.54) is 0 Å². The van der Waals surface area contributed by atoms with Crippen LogP contribution in [0.5, 0.6) is 0 Å². The Morgan fingerprint density at radius 1 is 1.64 bits per heavy atom. The SMILES string of the molecule is CSCc1noc(CCN)n1. The molecule has 0 saturated carbocycles. The van der Waals surface area contributed by atoms with Crippen molar-refractivity contribution in [2.75, 3.05) is 12.8 Å². The van der Waals surface area contributed by atoms with Crippen LogP contribution in [0.4, 0.5) is 0 Å². The molecule has 1 heterocycles. The van der Waals surface area contributed by atoms with E-state index >= 15 is 0 Å². The summed E-state index contributed by atoms with van der Waals surface area (Å²) in [5.41, 5.74) is 5.31. The van der Waals surface area contributed by atoms with E-state index in [-0.39, 0.29) is 0 Å². The number of rotatable bonds is 4. The van der Waals surface area contributed by atoms with E-state index in [1.807, 2.05) is 6.26 Å². The fourth-order valence-electron chi connectivity index (χ4n) is 0.703. The van der Waals surface area contributed by atoms with Crippen LogP contribution in [-0.2, 0) is 12.2 Å². The van der Waals surface area contributed by atoms with Gasteiger partial charge in [0.25, 0.3) is 0 Å². The Hall–Kier alpha value is -0.550. The second-order valence-electron chi connectivity index (χ2n) is 2.08. The molecule has 0 spiro atoms. The van der Waals surface area contributed by atoms with Gasteiger partial charge in [-0.25, -0.2) is 0 Å². The van der Waals surface area contributed by atoms with E-state index < -0.39 is 0 Å². The van der Waals surface area contributed by atoms with Crippen molar-refractivity contribution in [3.05, 3.63) is 11.7 Å². The van der Waals surface area contributed by atoms with Crippen LogP contribution in [0.25, 0.3) is 0 Å². The first-order valence-electron chi connectivity index (χ1n) is 3.37. The smallest absolute Gasteiger partial charge is 0.227 e. The molecule has 0 unspecified atom stereocenters. The Balaban J connectivity index is 2.51. The molecule has 1 aromatic heterocycles. The van der Waals surface area contributed by atoms with Crippen LogP contribution >= 0.6 is 11.8 Å². The second kappa shape index (κ2) is 4.35. The average Bonchev–Trinajstić information content (AvgIpc) is 2.38. The van der Waals surface area contributed by atoms with Crippen LogP contribution in [0, 0.1) is 0 Å². The first-order valence-corrected chi connectivity index (χ1v) is 4.76. The number of hydrogen-bond donors (Lipinski definition) is 1. The van der Waals surface area contributed by atoms with Gasteiger partial charge in [-0.2, -0.15) is 16.7 Å². The topological polar surface area (TPSA) is 64.9 Å². The van der Waals surface area contributed by atoms with Gasteiger partial charge >= 0.3 is 0 Å². The summed E-state index contributed by atoms with van der Waals surface area (Å²) in [6, 6.07) is 0. The molecule has 5 heteroatoms. The van der Waals surface area contributed by atoms with Crippen molar-refractivity contribution in [1.29, 1.82) is 0 Å². The van der Waals surface area contributed by atoms with Gasteiger partial charge in [0.05, 0.1) is 5.75 Å². The molecule has 0 fully saturated rings.